The summed E-state index contributed by atoms with van der Waals surface area (Å²) in [4.78, 5) is 27.7. The number of fused-ring (bicyclic) bond motifs is 3. The molecule has 0 aliphatic carbocycles. The summed E-state index contributed by atoms with van der Waals surface area (Å²) in [7, 11) is 1.57. The molecule has 5 rings (SSSR count). The topological polar surface area (TPSA) is 63.6 Å². The molecule has 1 unspecified atom stereocenters. The third-order valence-corrected chi connectivity index (χ3v) is 5.74. The highest BCUT2D eigenvalue weighted by Crippen LogP contribution is 2.28. The number of nitrogens with zero attached hydrogens (tertiary/aromatic N) is 2. The van der Waals surface area contributed by atoms with Crippen LogP contribution in [0.25, 0.3) is 5.69 Å². The van der Waals surface area contributed by atoms with E-state index in [4.69, 9.17) is 4.74 Å². The number of pyridine rings is 1. The fourth-order valence-electron chi connectivity index (χ4n) is 4.18. The van der Waals surface area contributed by atoms with E-state index in [-0.39, 0.29) is 17.5 Å². The zero-order chi connectivity index (χ0) is 19.0. The van der Waals surface area contributed by atoms with Gasteiger partial charge in [0, 0.05) is 24.8 Å². The van der Waals surface area contributed by atoms with Crippen LogP contribution in [0.3, 0.4) is 0 Å². The van der Waals surface area contributed by atoms with E-state index in [1.54, 1.807) is 19.4 Å². The Morgan fingerprint density at radius 2 is 1.96 bits per heavy atom. The average Bonchev–Trinajstić information content (AvgIpc) is 2.69. The van der Waals surface area contributed by atoms with Gasteiger partial charge in [-0.25, -0.2) is 0 Å². The molecule has 0 radical (unpaired) electrons. The van der Waals surface area contributed by atoms with Gasteiger partial charge in [0.1, 0.15) is 5.75 Å². The van der Waals surface area contributed by atoms with Gasteiger partial charge in [-0.1, -0.05) is 6.07 Å². The molecule has 1 N–H and O–H groups in total. The molecule has 2 bridgehead atoms. The molecule has 27 heavy (non-hydrogen) atoms. The highest BCUT2D eigenvalue weighted by molar-refractivity contribution is 5.94. The fraction of sp³-hybridized carbons (Fsp3) is 0.429. The van der Waals surface area contributed by atoms with E-state index < -0.39 is 0 Å². The number of aromatic nitrogens is 1. The molecule has 6 nitrogen and oxygen atoms in total. The van der Waals surface area contributed by atoms with Gasteiger partial charge in [-0.05, 0) is 62.5 Å². The summed E-state index contributed by atoms with van der Waals surface area (Å²) in [5.41, 5.74) is 1.94. The van der Waals surface area contributed by atoms with E-state index >= 15 is 0 Å². The number of benzene rings is 1. The quantitative estimate of drug-likeness (QED) is 0.898. The molecule has 142 valence electrons. The second kappa shape index (κ2) is 7.19. The monoisotopic (exact) mass is 367 g/mol. The van der Waals surface area contributed by atoms with Crippen molar-refractivity contribution < 1.29 is 9.53 Å². The summed E-state index contributed by atoms with van der Waals surface area (Å²) in [5.74, 6) is 1.02. The Balaban J connectivity index is 1.62. The molecule has 1 aromatic heterocycles. The van der Waals surface area contributed by atoms with Crippen molar-refractivity contribution in [2.75, 3.05) is 26.7 Å². The number of hydrogen-bond acceptors (Lipinski definition) is 4. The van der Waals surface area contributed by atoms with Crippen LogP contribution in [-0.2, 0) is 0 Å². The first kappa shape index (κ1) is 17.8. The molecule has 0 spiro atoms. The Labute approximate surface area is 158 Å². The van der Waals surface area contributed by atoms with Crippen LogP contribution in [0.5, 0.6) is 5.75 Å². The predicted molar refractivity (Wildman–Crippen MR) is 104 cm³/mol. The molecule has 1 aromatic carbocycles. The summed E-state index contributed by atoms with van der Waals surface area (Å²) in [6.45, 7) is 5.14. The van der Waals surface area contributed by atoms with Crippen LogP contribution in [0, 0.1) is 12.8 Å². The van der Waals surface area contributed by atoms with Crippen molar-refractivity contribution in [3.8, 4) is 11.4 Å². The summed E-state index contributed by atoms with van der Waals surface area (Å²) in [5, 5.41) is 3.18. The van der Waals surface area contributed by atoms with Gasteiger partial charge in [0.05, 0.1) is 18.4 Å². The maximum Gasteiger partial charge on any atom is 0.255 e. The van der Waals surface area contributed by atoms with Gasteiger partial charge in [-0.15, -0.1) is 0 Å². The first-order valence-corrected chi connectivity index (χ1v) is 9.46. The molecule has 4 heterocycles. The Morgan fingerprint density at radius 1 is 1.19 bits per heavy atom. The third-order valence-electron chi connectivity index (χ3n) is 5.74. The predicted octanol–water partition coefficient (Wildman–Crippen LogP) is 1.98. The van der Waals surface area contributed by atoms with E-state index in [2.05, 4.69) is 10.2 Å². The largest absolute Gasteiger partial charge is 0.495 e. The van der Waals surface area contributed by atoms with Crippen molar-refractivity contribution in [1.29, 1.82) is 0 Å². The molecular formula is C21H25N3O3. The van der Waals surface area contributed by atoms with Crippen LogP contribution < -0.4 is 15.6 Å². The zero-order valence-electron chi connectivity index (χ0n) is 15.8. The van der Waals surface area contributed by atoms with E-state index in [1.807, 2.05) is 25.1 Å². The number of rotatable bonds is 4. The number of carbonyl (C=O) groups excluding carboxylic acids is 1. The van der Waals surface area contributed by atoms with Crippen LogP contribution in [0.4, 0.5) is 0 Å². The van der Waals surface area contributed by atoms with Crippen LogP contribution in [0.2, 0.25) is 0 Å². The summed E-state index contributed by atoms with van der Waals surface area (Å²) < 4.78 is 6.88. The number of aryl methyl sites for hydroxylation is 1. The highest BCUT2D eigenvalue weighted by Gasteiger charge is 2.35. The normalized spacial score (nSPS) is 23.9. The molecule has 1 amide bonds. The number of nitrogens with one attached hydrogen (secondary N) is 1. The molecule has 0 saturated carbocycles. The zero-order valence-corrected chi connectivity index (χ0v) is 15.8. The number of hydrogen-bond donors (Lipinski definition) is 1. The highest BCUT2D eigenvalue weighted by atomic mass is 16.5. The lowest BCUT2D eigenvalue weighted by atomic mass is 9.84. The summed E-state index contributed by atoms with van der Waals surface area (Å²) >= 11 is 0. The van der Waals surface area contributed by atoms with Crippen molar-refractivity contribution in [2.24, 2.45) is 5.92 Å². The van der Waals surface area contributed by atoms with Gasteiger partial charge >= 0.3 is 0 Å². The third kappa shape index (κ3) is 3.49. The standard InChI is InChI=1S/C21H25N3O3/c1-14-3-5-19(27-2)18(11-14)24-12-16(4-6-20(24)25)21(26)22-17-13-23-9-7-15(17)8-10-23/h3-6,11-12,15,17H,7-10,13H2,1-2H3,(H,22,26). The number of piperidine rings is 3. The van der Waals surface area contributed by atoms with Crippen molar-refractivity contribution in [3.63, 3.8) is 0 Å². The molecule has 2 aromatic rings. The Hall–Kier alpha value is -2.60. The van der Waals surface area contributed by atoms with Crippen molar-refractivity contribution in [2.45, 2.75) is 25.8 Å². The SMILES string of the molecule is COc1ccc(C)cc1-n1cc(C(=O)NC2CN3CCC2CC3)ccc1=O. The lowest BCUT2D eigenvalue weighted by Crippen LogP contribution is -2.57. The van der Waals surface area contributed by atoms with Gasteiger partial charge in [0.2, 0.25) is 0 Å². The molecule has 3 fully saturated rings. The number of ether oxygens (including phenoxy) is 1. The first-order chi connectivity index (χ1) is 13.0. The Kier molecular flexibility index (Phi) is 4.74. The number of carbonyl (C=O) groups is 1. The molecule has 6 heteroatoms. The fourth-order valence-corrected chi connectivity index (χ4v) is 4.18. The van der Waals surface area contributed by atoms with Crippen LogP contribution in [0.15, 0.2) is 41.3 Å². The van der Waals surface area contributed by atoms with E-state index in [0.29, 0.717) is 22.9 Å². The smallest absolute Gasteiger partial charge is 0.255 e. The summed E-state index contributed by atoms with van der Waals surface area (Å²) in [6, 6.07) is 8.86. The lowest BCUT2D eigenvalue weighted by molar-refractivity contribution is 0.0620. The van der Waals surface area contributed by atoms with Crippen molar-refractivity contribution in [1.82, 2.24) is 14.8 Å². The summed E-state index contributed by atoms with van der Waals surface area (Å²) in [6.07, 6.45) is 3.90. The minimum atomic E-state index is -0.196. The molecular weight excluding hydrogens is 342 g/mol. The maximum absolute atomic E-state index is 12.8. The van der Waals surface area contributed by atoms with Crippen LogP contribution >= 0.6 is 0 Å². The Bertz CT molecular complexity index is 913. The van der Waals surface area contributed by atoms with Crippen molar-refractivity contribution in [3.05, 3.63) is 58.0 Å². The van der Waals surface area contributed by atoms with Crippen molar-refractivity contribution >= 4 is 5.91 Å². The minimum absolute atomic E-state index is 0.130. The Morgan fingerprint density at radius 3 is 2.63 bits per heavy atom. The van der Waals surface area contributed by atoms with Gasteiger partial charge in [-0.2, -0.15) is 0 Å². The molecule has 3 aliphatic heterocycles. The van der Waals surface area contributed by atoms with E-state index in [9.17, 15) is 9.59 Å². The van der Waals surface area contributed by atoms with Gasteiger partial charge in [-0.3, -0.25) is 14.2 Å². The number of amides is 1. The van der Waals surface area contributed by atoms with E-state index in [0.717, 1.165) is 38.0 Å². The maximum atomic E-state index is 12.8. The minimum Gasteiger partial charge on any atom is -0.495 e. The van der Waals surface area contributed by atoms with Gasteiger partial charge in [0.15, 0.2) is 0 Å². The molecule has 3 saturated heterocycles. The lowest BCUT2D eigenvalue weighted by Gasteiger charge is -2.44. The first-order valence-electron chi connectivity index (χ1n) is 9.46. The molecule has 3 aliphatic rings. The van der Waals surface area contributed by atoms with E-state index in [1.165, 1.54) is 10.6 Å². The second-order valence-corrected chi connectivity index (χ2v) is 7.52. The van der Waals surface area contributed by atoms with Crippen LogP contribution in [0.1, 0.15) is 28.8 Å². The van der Waals surface area contributed by atoms with Gasteiger partial charge in [0.25, 0.3) is 11.5 Å². The number of methoxy groups -OCH3 is 1. The second-order valence-electron chi connectivity index (χ2n) is 7.52. The van der Waals surface area contributed by atoms with Crippen LogP contribution in [-0.4, -0.2) is 48.2 Å². The van der Waals surface area contributed by atoms with Gasteiger partial charge < -0.3 is 15.0 Å². The average molecular weight is 367 g/mol. The molecule has 1 atom stereocenters.